The molecule has 1 aromatic carbocycles. The van der Waals surface area contributed by atoms with Crippen molar-refractivity contribution in [2.45, 2.75) is 38.6 Å². The zero-order valence-electron chi connectivity index (χ0n) is 15.8. The Hall–Kier alpha value is -2.44. The molecule has 2 rings (SSSR count). The molecule has 1 aromatic rings. The zero-order valence-corrected chi connectivity index (χ0v) is 15.8. The van der Waals surface area contributed by atoms with Gasteiger partial charge in [-0.15, -0.1) is 0 Å². The number of ether oxygens (including phenoxy) is 4. The third-order valence-electron chi connectivity index (χ3n) is 4.72. The lowest BCUT2D eigenvalue weighted by Gasteiger charge is -2.29. The smallest absolute Gasteiger partial charge is 0.342 e. The van der Waals surface area contributed by atoms with Gasteiger partial charge in [0.1, 0.15) is 5.56 Å². The molecule has 0 saturated heterocycles. The minimum absolute atomic E-state index is 0.144. The fraction of sp³-hybridized carbons (Fsp3) is 0.579. The van der Waals surface area contributed by atoms with Crippen LogP contribution in [0, 0.1) is 5.92 Å². The van der Waals surface area contributed by atoms with Crippen LogP contribution in [0.25, 0.3) is 0 Å². The van der Waals surface area contributed by atoms with Gasteiger partial charge in [0, 0.05) is 6.04 Å². The highest BCUT2D eigenvalue weighted by atomic mass is 16.5. The normalized spacial score (nSPS) is 19.4. The molecular formula is C19H27NO6. The van der Waals surface area contributed by atoms with Crippen LogP contribution in [-0.4, -0.2) is 45.9 Å². The van der Waals surface area contributed by atoms with E-state index in [0.29, 0.717) is 17.4 Å². The largest absolute Gasteiger partial charge is 0.493 e. The molecule has 0 spiro atoms. The predicted octanol–water partition coefficient (Wildman–Crippen LogP) is 2.56. The molecule has 0 unspecified atom stereocenters. The van der Waals surface area contributed by atoms with Gasteiger partial charge in [0.15, 0.2) is 18.1 Å². The van der Waals surface area contributed by atoms with Crippen LogP contribution in [0.1, 0.15) is 43.0 Å². The summed E-state index contributed by atoms with van der Waals surface area (Å²) in [5.41, 5.74) is 0.170. The Labute approximate surface area is 153 Å². The summed E-state index contributed by atoms with van der Waals surface area (Å²) < 4.78 is 20.9. The van der Waals surface area contributed by atoms with E-state index >= 15 is 0 Å². The van der Waals surface area contributed by atoms with Crippen LogP contribution in [0.3, 0.4) is 0 Å². The summed E-state index contributed by atoms with van der Waals surface area (Å²) in [7, 11) is 4.37. The minimum atomic E-state index is -0.658. The Morgan fingerprint density at radius 1 is 1.04 bits per heavy atom. The summed E-state index contributed by atoms with van der Waals surface area (Å²) in [5.74, 6) is 0.425. The third-order valence-corrected chi connectivity index (χ3v) is 4.72. The maximum atomic E-state index is 12.4. The maximum absolute atomic E-state index is 12.4. The Morgan fingerprint density at radius 2 is 1.73 bits per heavy atom. The monoisotopic (exact) mass is 365 g/mol. The van der Waals surface area contributed by atoms with Gasteiger partial charge in [-0.25, -0.2) is 4.79 Å². The van der Waals surface area contributed by atoms with E-state index < -0.39 is 5.97 Å². The van der Waals surface area contributed by atoms with Gasteiger partial charge < -0.3 is 24.3 Å². The number of carbonyl (C=O) groups excluding carboxylic acids is 2. The first-order valence-electron chi connectivity index (χ1n) is 8.77. The van der Waals surface area contributed by atoms with Crippen LogP contribution in [-0.2, 0) is 9.53 Å². The van der Waals surface area contributed by atoms with Crippen molar-refractivity contribution in [2.24, 2.45) is 5.92 Å². The summed E-state index contributed by atoms with van der Waals surface area (Å²) >= 11 is 0. The number of nitrogens with one attached hydrogen (secondary N) is 1. The van der Waals surface area contributed by atoms with Gasteiger partial charge >= 0.3 is 5.97 Å². The molecule has 0 aliphatic heterocycles. The maximum Gasteiger partial charge on any atom is 0.342 e. The molecule has 1 saturated carbocycles. The third kappa shape index (κ3) is 4.59. The number of methoxy groups -OCH3 is 3. The van der Waals surface area contributed by atoms with E-state index in [1.54, 1.807) is 6.07 Å². The topological polar surface area (TPSA) is 83.1 Å². The molecule has 2 atom stereocenters. The molecule has 1 aliphatic rings. The summed E-state index contributed by atoms with van der Waals surface area (Å²) in [6, 6.07) is 3.25. The van der Waals surface area contributed by atoms with Gasteiger partial charge in [-0.2, -0.15) is 0 Å². The second-order valence-corrected chi connectivity index (χ2v) is 6.39. The highest BCUT2D eigenvalue weighted by molar-refractivity contribution is 5.95. The molecule has 1 N–H and O–H groups in total. The molecule has 7 heteroatoms. The van der Waals surface area contributed by atoms with Crippen molar-refractivity contribution in [1.29, 1.82) is 0 Å². The Bertz CT molecular complexity index is 645. The highest BCUT2D eigenvalue weighted by Crippen LogP contribution is 2.39. The molecule has 0 radical (unpaired) electrons. The van der Waals surface area contributed by atoms with E-state index in [-0.39, 0.29) is 29.9 Å². The Balaban J connectivity index is 2.00. The standard InChI is InChI=1S/C19H27NO6/c1-12-7-5-6-8-14(12)20-16(21)11-26-19(22)13-9-10-15(23-2)18(25-4)17(13)24-3/h9-10,12,14H,5-8,11H2,1-4H3,(H,20,21)/t12-,14+/m0/s1. The van der Waals surface area contributed by atoms with E-state index in [4.69, 9.17) is 18.9 Å². The number of rotatable bonds is 7. The lowest BCUT2D eigenvalue weighted by Crippen LogP contribution is -2.42. The molecule has 0 bridgehead atoms. The number of esters is 1. The minimum Gasteiger partial charge on any atom is -0.493 e. The van der Waals surface area contributed by atoms with Crippen molar-refractivity contribution in [2.75, 3.05) is 27.9 Å². The van der Waals surface area contributed by atoms with Gasteiger partial charge in [-0.3, -0.25) is 4.79 Å². The van der Waals surface area contributed by atoms with Gasteiger partial charge in [0.25, 0.3) is 5.91 Å². The van der Waals surface area contributed by atoms with Gasteiger partial charge in [-0.05, 0) is 30.9 Å². The first-order chi connectivity index (χ1) is 12.5. The van der Waals surface area contributed by atoms with Crippen molar-refractivity contribution in [3.05, 3.63) is 17.7 Å². The summed E-state index contributed by atoms with van der Waals surface area (Å²) in [4.78, 5) is 24.5. The number of carbonyl (C=O) groups is 2. The van der Waals surface area contributed by atoms with Gasteiger partial charge in [-0.1, -0.05) is 19.8 Å². The lowest BCUT2D eigenvalue weighted by atomic mass is 9.86. The van der Waals surface area contributed by atoms with E-state index in [1.807, 2.05) is 0 Å². The summed E-state index contributed by atoms with van der Waals surface area (Å²) in [6.45, 7) is 1.80. The molecule has 1 aliphatic carbocycles. The van der Waals surface area contributed by atoms with E-state index in [1.165, 1.54) is 33.8 Å². The predicted molar refractivity (Wildman–Crippen MR) is 95.9 cm³/mol. The van der Waals surface area contributed by atoms with Crippen molar-refractivity contribution >= 4 is 11.9 Å². The first kappa shape index (κ1) is 19.9. The molecule has 0 heterocycles. The van der Waals surface area contributed by atoms with Crippen LogP contribution in [0.5, 0.6) is 17.2 Å². The molecule has 1 amide bonds. The number of hydrogen-bond donors (Lipinski definition) is 1. The van der Waals surface area contributed by atoms with Gasteiger partial charge in [0.2, 0.25) is 5.75 Å². The van der Waals surface area contributed by atoms with Crippen molar-refractivity contribution in [1.82, 2.24) is 5.32 Å². The van der Waals surface area contributed by atoms with Crippen LogP contribution >= 0.6 is 0 Å². The number of benzene rings is 1. The number of amides is 1. The second-order valence-electron chi connectivity index (χ2n) is 6.39. The van der Waals surface area contributed by atoms with E-state index in [9.17, 15) is 9.59 Å². The van der Waals surface area contributed by atoms with Crippen molar-refractivity contribution < 1.29 is 28.5 Å². The summed E-state index contributed by atoms with van der Waals surface area (Å²) in [6.07, 6.45) is 4.37. The molecular weight excluding hydrogens is 338 g/mol. The quantitative estimate of drug-likeness (QED) is 0.748. The number of hydrogen-bond acceptors (Lipinski definition) is 6. The summed E-state index contributed by atoms with van der Waals surface area (Å²) in [5, 5.41) is 2.95. The van der Waals surface area contributed by atoms with Crippen molar-refractivity contribution in [3.63, 3.8) is 0 Å². The first-order valence-corrected chi connectivity index (χ1v) is 8.77. The average Bonchev–Trinajstić information content (AvgIpc) is 2.66. The molecule has 1 fully saturated rings. The molecule has 26 heavy (non-hydrogen) atoms. The van der Waals surface area contributed by atoms with Crippen molar-refractivity contribution in [3.8, 4) is 17.2 Å². The lowest BCUT2D eigenvalue weighted by molar-refractivity contribution is -0.125. The average molecular weight is 365 g/mol. The highest BCUT2D eigenvalue weighted by Gasteiger charge is 2.25. The van der Waals surface area contributed by atoms with Crippen LogP contribution < -0.4 is 19.5 Å². The van der Waals surface area contributed by atoms with E-state index in [2.05, 4.69) is 12.2 Å². The Morgan fingerprint density at radius 3 is 2.35 bits per heavy atom. The van der Waals surface area contributed by atoms with Crippen LogP contribution in [0.15, 0.2) is 12.1 Å². The zero-order chi connectivity index (χ0) is 19.1. The fourth-order valence-electron chi connectivity index (χ4n) is 3.25. The van der Waals surface area contributed by atoms with Crippen LogP contribution in [0.4, 0.5) is 0 Å². The van der Waals surface area contributed by atoms with Crippen LogP contribution in [0.2, 0.25) is 0 Å². The van der Waals surface area contributed by atoms with E-state index in [0.717, 1.165) is 19.3 Å². The Kier molecular flexibility index (Phi) is 7.12. The SMILES string of the molecule is COc1ccc(C(=O)OCC(=O)N[C@@H]2CCCC[C@@H]2C)c(OC)c1OC. The molecule has 0 aromatic heterocycles. The molecule has 7 nitrogen and oxygen atoms in total. The fourth-order valence-corrected chi connectivity index (χ4v) is 3.25. The second kappa shape index (κ2) is 9.31. The molecule has 144 valence electrons. The van der Waals surface area contributed by atoms with Gasteiger partial charge in [0.05, 0.1) is 21.3 Å².